The van der Waals surface area contributed by atoms with E-state index in [1.165, 1.54) is 11.1 Å². The molecule has 3 N–H and O–H groups in total. The van der Waals surface area contributed by atoms with Gasteiger partial charge in [-0.2, -0.15) is 0 Å². The van der Waals surface area contributed by atoms with Crippen LogP contribution in [0.2, 0.25) is 0 Å². The zero-order valence-electron chi connectivity index (χ0n) is 12.8. The van der Waals surface area contributed by atoms with Gasteiger partial charge in [-0.15, -0.1) is 0 Å². The van der Waals surface area contributed by atoms with Crippen molar-refractivity contribution in [1.29, 1.82) is 0 Å². The lowest BCUT2D eigenvalue weighted by molar-refractivity contribution is 0.431. The zero-order valence-corrected chi connectivity index (χ0v) is 12.8. The standard InChI is InChI=1S/C18H25N3/c1-19-17(15-11-7-3-4-8-12-15)21-18(20-2)16-13-9-5-6-10-14-16/h3,5,7-14,17-21H,4,6H2,1-2H3. The van der Waals surface area contributed by atoms with Crippen LogP contribution in [0.5, 0.6) is 0 Å². The lowest BCUT2D eigenvalue weighted by atomic mass is 10.1. The van der Waals surface area contributed by atoms with Gasteiger partial charge in [0.05, 0.1) is 12.3 Å². The molecule has 0 aromatic heterocycles. The lowest BCUT2D eigenvalue weighted by Crippen LogP contribution is -2.52. The first-order valence-corrected chi connectivity index (χ1v) is 7.52. The second-order valence-electron chi connectivity index (χ2n) is 5.08. The van der Waals surface area contributed by atoms with Gasteiger partial charge in [-0.25, -0.2) is 0 Å². The smallest absolute Gasteiger partial charge is 0.0847 e. The molecule has 2 rings (SSSR count). The van der Waals surface area contributed by atoms with Crippen molar-refractivity contribution in [3.63, 3.8) is 0 Å². The fourth-order valence-electron chi connectivity index (χ4n) is 2.44. The maximum absolute atomic E-state index is 3.62. The van der Waals surface area contributed by atoms with Crippen LogP contribution in [0.25, 0.3) is 0 Å². The molecule has 0 fully saturated rings. The summed E-state index contributed by atoms with van der Waals surface area (Å²) in [4.78, 5) is 0. The summed E-state index contributed by atoms with van der Waals surface area (Å²) >= 11 is 0. The summed E-state index contributed by atoms with van der Waals surface area (Å²) in [5.41, 5.74) is 2.47. The lowest BCUT2D eigenvalue weighted by Gasteiger charge is -2.27. The van der Waals surface area contributed by atoms with Gasteiger partial charge in [0, 0.05) is 0 Å². The van der Waals surface area contributed by atoms with Crippen LogP contribution in [-0.4, -0.2) is 26.4 Å². The number of likely N-dealkylation sites (N-methyl/N-ethyl adjacent to an activating group) is 2. The van der Waals surface area contributed by atoms with Crippen LogP contribution in [0.1, 0.15) is 12.8 Å². The Balaban J connectivity index is 2.11. The van der Waals surface area contributed by atoms with Gasteiger partial charge in [0.1, 0.15) is 0 Å². The van der Waals surface area contributed by atoms with Gasteiger partial charge in [0.25, 0.3) is 0 Å². The first kappa shape index (κ1) is 15.7. The predicted octanol–water partition coefficient (Wildman–Crippen LogP) is 2.55. The fourth-order valence-corrected chi connectivity index (χ4v) is 2.44. The van der Waals surface area contributed by atoms with E-state index in [1.54, 1.807) is 0 Å². The van der Waals surface area contributed by atoms with E-state index in [2.05, 4.69) is 76.7 Å². The largest absolute Gasteiger partial charge is 0.301 e. The number of hydrogen-bond acceptors (Lipinski definition) is 3. The highest BCUT2D eigenvalue weighted by Gasteiger charge is 2.17. The van der Waals surface area contributed by atoms with Crippen molar-refractivity contribution in [2.75, 3.05) is 14.1 Å². The average molecular weight is 283 g/mol. The second kappa shape index (κ2) is 8.57. The van der Waals surface area contributed by atoms with Crippen LogP contribution in [0, 0.1) is 0 Å². The molecular weight excluding hydrogens is 258 g/mol. The maximum Gasteiger partial charge on any atom is 0.0847 e. The van der Waals surface area contributed by atoms with Crippen molar-refractivity contribution in [3.05, 3.63) is 71.9 Å². The molecule has 3 heteroatoms. The number of allylic oxidation sites excluding steroid dienone is 8. The van der Waals surface area contributed by atoms with E-state index in [4.69, 9.17) is 0 Å². The Hall–Kier alpha value is -1.68. The molecule has 0 saturated heterocycles. The Morgan fingerprint density at radius 2 is 1.24 bits per heavy atom. The van der Waals surface area contributed by atoms with Crippen molar-refractivity contribution in [2.24, 2.45) is 0 Å². The summed E-state index contributed by atoms with van der Waals surface area (Å²) in [5.74, 6) is 0. The van der Waals surface area contributed by atoms with Crippen LogP contribution in [0.15, 0.2) is 71.9 Å². The van der Waals surface area contributed by atoms with Crippen molar-refractivity contribution >= 4 is 0 Å². The Kier molecular flexibility index (Phi) is 6.41. The van der Waals surface area contributed by atoms with Crippen LogP contribution in [0.4, 0.5) is 0 Å². The molecule has 2 atom stereocenters. The van der Waals surface area contributed by atoms with Crippen molar-refractivity contribution in [1.82, 2.24) is 16.0 Å². The molecule has 2 aliphatic rings. The average Bonchev–Trinajstić information content (AvgIpc) is 2.93. The van der Waals surface area contributed by atoms with Gasteiger partial charge >= 0.3 is 0 Å². The molecule has 0 spiro atoms. The molecule has 0 aromatic carbocycles. The Bertz CT molecular complexity index is 461. The molecule has 2 aliphatic carbocycles. The SMILES string of the molecule is CNC(NC(NC)C1=CC=CCC=C1)C1=CC=CCC=C1. The summed E-state index contributed by atoms with van der Waals surface area (Å²) < 4.78 is 0. The minimum Gasteiger partial charge on any atom is -0.301 e. The maximum atomic E-state index is 3.62. The van der Waals surface area contributed by atoms with Gasteiger partial charge in [-0.1, -0.05) is 60.8 Å². The summed E-state index contributed by atoms with van der Waals surface area (Å²) in [6.45, 7) is 0. The van der Waals surface area contributed by atoms with E-state index in [1.807, 2.05) is 14.1 Å². The second-order valence-corrected chi connectivity index (χ2v) is 5.08. The van der Waals surface area contributed by atoms with Gasteiger partial charge < -0.3 is 10.6 Å². The van der Waals surface area contributed by atoms with E-state index in [0.29, 0.717) is 0 Å². The normalized spacial score (nSPS) is 20.5. The molecule has 0 saturated carbocycles. The molecule has 0 radical (unpaired) electrons. The van der Waals surface area contributed by atoms with Gasteiger partial charge in [-0.3, -0.25) is 5.32 Å². The molecular formula is C18H25N3. The first-order valence-electron chi connectivity index (χ1n) is 7.52. The topological polar surface area (TPSA) is 36.1 Å². The highest BCUT2D eigenvalue weighted by Crippen LogP contribution is 2.12. The van der Waals surface area contributed by atoms with Crippen molar-refractivity contribution in [2.45, 2.75) is 25.2 Å². The molecule has 21 heavy (non-hydrogen) atoms. The minimum atomic E-state index is 0.1000. The Morgan fingerprint density at radius 1 is 0.762 bits per heavy atom. The third kappa shape index (κ3) is 4.67. The quantitative estimate of drug-likeness (QED) is 0.656. The number of nitrogens with one attached hydrogen (secondary N) is 3. The summed E-state index contributed by atoms with van der Waals surface area (Å²) in [5, 5.41) is 10.3. The Morgan fingerprint density at radius 3 is 1.67 bits per heavy atom. The predicted molar refractivity (Wildman–Crippen MR) is 90.8 cm³/mol. The van der Waals surface area contributed by atoms with Gasteiger partial charge in [0.15, 0.2) is 0 Å². The highest BCUT2D eigenvalue weighted by atomic mass is 15.2. The fraction of sp³-hybridized carbons (Fsp3) is 0.333. The van der Waals surface area contributed by atoms with Crippen LogP contribution >= 0.6 is 0 Å². The third-order valence-electron chi connectivity index (χ3n) is 3.59. The third-order valence-corrected chi connectivity index (χ3v) is 3.59. The van der Waals surface area contributed by atoms with E-state index >= 15 is 0 Å². The minimum absolute atomic E-state index is 0.1000. The van der Waals surface area contributed by atoms with E-state index < -0.39 is 0 Å². The summed E-state index contributed by atoms with van der Waals surface area (Å²) in [6.07, 6.45) is 23.8. The Labute approximate surface area is 127 Å². The highest BCUT2D eigenvalue weighted by molar-refractivity contribution is 5.34. The molecule has 3 nitrogen and oxygen atoms in total. The molecule has 0 bridgehead atoms. The molecule has 2 unspecified atom stereocenters. The number of rotatable bonds is 6. The molecule has 0 heterocycles. The van der Waals surface area contributed by atoms with Crippen molar-refractivity contribution in [3.8, 4) is 0 Å². The first-order chi connectivity index (χ1) is 10.3. The monoisotopic (exact) mass is 283 g/mol. The van der Waals surface area contributed by atoms with Crippen LogP contribution in [-0.2, 0) is 0 Å². The summed E-state index contributed by atoms with van der Waals surface area (Å²) in [7, 11) is 3.95. The zero-order chi connectivity index (χ0) is 14.9. The molecule has 0 aromatic rings. The van der Waals surface area contributed by atoms with E-state index in [0.717, 1.165) is 12.8 Å². The van der Waals surface area contributed by atoms with Crippen molar-refractivity contribution < 1.29 is 0 Å². The van der Waals surface area contributed by atoms with E-state index in [9.17, 15) is 0 Å². The molecule has 112 valence electrons. The van der Waals surface area contributed by atoms with Crippen LogP contribution in [0.3, 0.4) is 0 Å². The molecule has 0 amide bonds. The number of hydrogen-bond donors (Lipinski definition) is 3. The van der Waals surface area contributed by atoms with Gasteiger partial charge in [0.2, 0.25) is 0 Å². The molecule has 0 aliphatic heterocycles. The van der Waals surface area contributed by atoms with Crippen LogP contribution < -0.4 is 16.0 Å². The van der Waals surface area contributed by atoms with E-state index in [-0.39, 0.29) is 12.3 Å². The van der Waals surface area contributed by atoms with Gasteiger partial charge in [-0.05, 0) is 38.1 Å². The summed E-state index contributed by atoms with van der Waals surface area (Å²) in [6, 6.07) is 0.